The highest BCUT2D eigenvalue weighted by Gasteiger charge is 2.57. The largest absolute Gasteiger partial charge is 0.347 e. The number of rotatable bonds is 2. The first-order chi connectivity index (χ1) is 15.9. The predicted molar refractivity (Wildman–Crippen MR) is 129 cm³/mol. The Morgan fingerprint density at radius 1 is 1.03 bits per heavy atom. The Hall–Kier alpha value is -2.37. The Kier molecular flexibility index (Phi) is 4.86. The highest BCUT2D eigenvalue weighted by molar-refractivity contribution is 5.92. The SMILES string of the molecule is CC(C)c1nc(-c2ccnc3ccccc23)nc2c1CC[C@@H]1[C@@H](C)C3(CC[C@@]21C)OCCO3. The number of pyridine rings is 1. The van der Waals surface area contributed by atoms with Crippen LogP contribution in [-0.2, 0) is 21.3 Å². The molecule has 172 valence electrons. The molecule has 3 aromatic rings. The summed E-state index contributed by atoms with van der Waals surface area (Å²) in [4.78, 5) is 15.1. The van der Waals surface area contributed by atoms with E-state index in [0.717, 1.165) is 48.0 Å². The predicted octanol–water partition coefficient (Wildman–Crippen LogP) is 5.81. The fourth-order valence-corrected chi connectivity index (χ4v) is 6.85. The number of aromatic nitrogens is 3. The Bertz CT molecular complexity index is 1210. The molecule has 0 amide bonds. The molecule has 0 bridgehead atoms. The minimum atomic E-state index is -0.403. The van der Waals surface area contributed by atoms with Gasteiger partial charge < -0.3 is 9.47 Å². The fourth-order valence-electron chi connectivity index (χ4n) is 6.85. The van der Waals surface area contributed by atoms with E-state index in [1.807, 2.05) is 12.3 Å². The monoisotopic (exact) mass is 443 g/mol. The maximum absolute atomic E-state index is 6.22. The van der Waals surface area contributed by atoms with Gasteiger partial charge in [0.05, 0.1) is 30.1 Å². The highest BCUT2D eigenvalue weighted by atomic mass is 16.7. The number of hydrogen-bond donors (Lipinski definition) is 0. The summed E-state index contributed by atoms with van der Waals surface area (Å²) in [5.41, 5.74) is 5.89. The molecule has 0 radical (unpaired) electrons. The molecular weight excluding hydrogens is 410 g/mol. The Balaban J connectivity index is 1.53. The first-order valence-electron chi connectivity index (χ1n) is 12.5. The summed E-state index contributed by atoms with van der Waals surface area (Å²) in [5.74, 6) is 1.60. The first-order valence-corrected chi connectivity index (χ1v) is 12.5. The number of benzene rings is 1. The molecule has 5 heteroatoms. The van der Waals surface area contributed by atoms with E-state index in [4.69, 9.17) is 19.4 Å². The smallest absolute Gasteiger partial charge is 0.171 e. The molecule has 2 aromatic heterocycles. The van der Waals surface area contributed by atoms with E-state index in [1.54, 1.807) is 0 Å². The first kappa shape index (κ1) is 21.2. The van der Waals surface area contributed by atoms with Gasteiger partial charge in [0.25, 0.3) is 0 Å². The van der Waals surface area contributed by atoms with Gasteiger partial charge in [-0.15, -0.1) is 0 Å². The summed E-state index contributed by atoms with van der Waals surface area (Å²) < 4.78 is 12.4. The number of hydrogen-bond acceptors (Lipinski definition) is 5. The Morgan fingerprint density at radius 3 is 2.61 bits per heavy atom. The molecule has 6 rings (SSSR count). The summed E-state index contributed by atoms with van der Waals surface area (Å²) in [7, 11) is 0. The Labute approximate surface area is 196 Å². The molecule has 0 unspecified atom stereocenters. The molecule has 2 fully saturated rings. The van der Waals surface area contributed by atoms with Crippen LogP contribution in [0.4, 0.5) is 0 Å². The van der Waals surface area contributed by atoms with Crippen LogP contribution in [0.25, 0.3) is 22.3 Å². The minimum Gasteiger partial charge on any atom is -0.347 e. The molecule has 1 saturated carbocycles. The third-order valence-corrected chi connectivity index (χ3v) is 8.61. The number of para-hydroxylation sites is 1. The van der Waals surface area contributed by atoms with Gasteiger partial charge in [0.1, 0.15) is 0 Å². The van der Waals surface area contributed by atoms with Crippen LogP contribution >= 0.6 is 0 Å². The van der Waals surface area contributed by atoms with E-state index in [0.29, 0.717) is 31.0 Å². The van der Waals surface area contributed by atoms with E-state index in [1.165, 1.54) is 17.0 Å². The van der Waals surface area contributed by atoms with Crippen LogP contribution in [-0.4, -0.2) is 34.0 Å². The maximum Gasteiger partial charge on any atom is 0.171 e. The molecule has 33 heavy (non-hydrogen) atoms. The molecule has 3 aliphatic rings. The van der Waals surface area contributed by atoms with Crippen molar-refractivity contribution in [3.63, 3.8) is 0 Å². The van der Waals surface area contributed by atoms with Gasteiger partial charge in [-0.2, -0.15) is 0 Å². The maximum atomic E-state index is 6.22. The van der Waals surface area contributed by atoms with Crippen molar-refractivity contribution >= 4 is 10.9 Å². The van der Waals surface area contributed by atoms with Crippen molar-refractivity contribution in [2.45, 2.75) is 70.5 Å². The van der Waals surface area contributed by atoms with Gasteiger partial charge in [0, 0.05) is 34.9 Å². The quantitative estimate of drug-likeness (QED) is 0.500. The number of ether oxygens (including phenoxy) is 2. The summed E-state index contributed by atoms with van der Waals surface area (Å²) in [6, 6.07) is 10.3. The summed E-state index contributed by atoms with van der Waals surface area (Å²) in [5, 5.41) is 1.11. The molecule has 3 atom stereocenters. The zero-order valence-corrected chi connectivity index (χ0v) is 20.1. The standard InChI is InChI=1S/C28H33N3O2/c1-17(2)24-21-9-10-22-18(3)28(32-15-16-33-28)13-12-27(22,4)25(21)31-26(30-24)20-11-14-29-23-8-6-5-7-19(20)23/h5-8,11,14,17-18,22H,9-10,12-13,15-16H2,1-4H3/t18-,22-,27-/m1/s1. The van der Waals surface area contributed by atoms with Crippen molar-refractivity contribution in [2.24, 2.45) is 11.8 Å². The topological polar surface area (TPSA) is 57.1 Å². The zero-order valence-electron chi connectivity index (χ0n) is 20.1. The van der Waals surface area contributed by atoms with Crippen LogP contribution in [0.3, 0.4) is 0 Å². The normalized spacial score (nSPS) is 28.3. The van der Waals surface area contributed by atoms with Gasteiger partial charge in [-0.1, -0.05) is 45.9 Å². The van der Waals surface area contributed by atoms with Crippen molar-refractivity contribution in [2.75, 3.05) is 13.2 Å². The third-order valence-electron chi connectivity index (χ3n) is 8.61. The Morgan fingerprint density at radius 2 is 1.82 bits per heavy atom. The second-order valence-corrected chi connectivity index (χ2v) is 10.7. The zero-order chi connectivity index (χ0) is 22.8. The number of fused-ring (bicyclic) bond motifs is 4. The van der Waals surface area contributed by atoms with Crippen LogP contribution in [0, 0.1) is 11.8 Å². The van der Waals surface area contributed by atoms with Crippen LogP contribution < -0.4 is 0 Å². The van der Waals surface area contributed by atoms with E-state index in [9.17, 15) is 0 Å². The number of nitrogens with zero attached hydrogens (tertiary/aromatic N) is 3. The molecule has 1 aromatic carbocycles. The van der Waals surface area contributed by atoms with Crippen molar-refractivity contribution in [3.8, 4) is 11.4 Å². The molecule has 5 nitrogen and oxygen atoms in total. The highest BCUT2D eigenvalue weighted by Crippen LogP contribution is 2.57. The summed E-state index contributed by atoms with van der Waals surface area (Å²) >= 11 is 0. The van der Waals surface area contributed by atoms with Gasteiger partial charge in [0.15, 0.2) is 11.6 Å². The lowest BCUT2D eigenvalue weighted by Gasteiger charge is -2.54. The van der Waals surface area contributed by atoms with Crippen molar-refractivity contribution in [3.05, 3.63) is 53.5 Å². The second-order valence-electron chi connectivity index (χ2n) is 10.7. The van der Waals surface area contributed by atoms with E-state index >= 15 is 0 Å². The molecule has 1 spiro atoms. The molecular formula is C28H33N3O2. The van der Waals surface area contributed by atoms with Crippen LogP contribution in [0.1, 0.15) is 69.8 Å². The second kappa shape index (κ2) is 7.57. The molecule has 2 aliphatic carbocycles. The van der Waals surface area contributed by atoms with Crippen molar-refractivity contribution < 1.29 is 9.47 Å². The molecule has 1 aliphatic heterocycles. The van der Waals surface area contributed by atoms with Crippen LogP contribution in [0.15, 0.2) is 36.5 Å². The van der Waals surface area contributed by atoms with Crippen molar-refractivity contribution in [1.29, 1.82) is 0 Å². The summed E-state index contributed by atoms with van der Waals surface area (Å²) in [6.07, 6.45) is 6.00. The average Bonchev–Trinajstić information content (AvgIpc) is 3.31. The molecule has 1 saturated heterocycles. The third kappa shape index (κ3) is 3.08. The van der Waals surface area contributed by atoms with Gasteiger partial charge >= 0.3 is 0 Å². The van der Waals surface area contributed by atoms with Crippen LogP contribution in [0.2, 0.25) is 0 Å². The van der Waals surface area contributed by atoms with E-state index < -0.39 is 5.79 Å². The van der Waals surface area contributed by atoms with E-state index in [-0.39, 0.29) is 5.41 Å². The van der Waals surface area contributed by atoms with Crippen LogP contribution in [0.5, 0.6) is 0 Å². The fraction of sp³-hybridized carbons (Fsp3) is 0.536. The average molecular weight is 444 g/mol. The minimum absolute atomic E-state index is 0.00226. The lowest BCUT2D eigenvalue weighted by atomic mass is 9.54. The molecule has 3 heterocycles. The van der Waals surface area contributed by atoms with Gasteiger partial charge in [-0.3, -0.25) is 4.98 Å². The van der Waals surface area contributed by atoms with Gasteiger partial charge in [-0.25, -0.2) is 9.97 Å². The summed E-state index contributed by atoms with van der Waals surface area (Å²) in [6.45, 7) is 10.7. The molecule has 0 N–H and O–H groups in total. The lowest BCUT2D eigenvalue weighted by molar-refractivity contribution is -0.234. The lowest BCUT2D eigenvalue weighted by Crippen LogP contribution is -2.55. The van der Waals surface area contributed by atoms with E-state index in [2.05, 4.69) is 56.9 Å². The van der Waals surface area contributed by atoms with Crippen molar-refractivity contribution in [1.82, 2.24) is 15.0 Å². The van der Waals surface area contributed by atoms with Gasteiger partial charge in [-0.05, 0) is 48.8 Å². The van der Waals surface area contributed by atoms with Gasteiger partial charge in [0.2, 0.25) is 0 Å².